The number of amides is 1. The molecule has 0 spiro atoms. The highest BCUT2D eigenvalue weighted by Gasteiger charge is 2.32. The van der Waals surface area contributed by atoms with Gasteiger partial charge in [0.2, 0.25) is 5.95 Å². The van der Waals surface area contributed by atoms with Gasteiger partial charge in [-0.25, -0.2) is 14.4 Å². The molecule has 3 aromatic carbocycles. The number of fused-ring (bicyclic) bond motifs is 3. The van der Waals surface area contributed by atoms with Crippen LogP contribution in [0.5, 0.6) is 0 Å². The first-order chi connectivity index (χ1) is 18.9. The first-order valence-electron chi connectivity index (χ1n) is 12.7. The molecule has 1 N–H and O–H groups in total. The minimum atomic E-state index is -0.352. The number of aliphatic imine (C=N–C) groups is 1. The summed E-state index contributed by atoms with van der Waals surface area (Å²) in [7, 11) is 4.06. The molecule has 4 aromatic rings. The number of hydrogen-bond acceptors (Lipinski definition) is 6. The molecule has 196 valence electrons. The first-order valence-corrected chi connectivity index (χ1v) is 13.0. The molecule has 0 aliphatic carbocycles. The fraction of sp³-hybridized carbons (Fsp3) is 0.200. The molecule has 2 aliphatic rings. The number of nitrogens with zero attached hydrogens (tertiary/aromatic N) is 5. The van der Waals surface area contributed by atoms with Gasteiger partial charge in [0.15, 0.2) is 0 Å². The lowest BCUT2D eigenvalue weighted by Crippen LogP contribution is -2.59. The Bertz CT molecular complexity index is 1600. The van der Waals surface area contributed by atoms with Gasteiger partial charge < -0.3 is 15.1 Å². The van der Waals surface area contributed by atoms with Gasteiger partial charge in [-0.05, 0) is 62.6 Å². The Balaban J connectivity index is 1.26. The zero-order valence-electron chi connectivity index (χ0n) is 21.5. The smallest absolute Gasteiger partial charge is 0.253 e. The number of rotatable bonds is 5. The Kier molecular flexibility index (Phi) is 6.58. The fourth-order valence-electron chi connectivity index (χ4n) is 4.82. The Morgan fingerprint density at radius 2 is 1.79 bits per heavy atom. The van der Waals surface area contributed by atoms with Crippen molar-refractivity contribution < 1.29 is 9.18 Å². The van der Waals surface area contributed by atoms with Crippen LogP contribution in [0.1, 0.15) is 27.0 Å². The highest BCUT2D eigenvalue weighted by molar-refractivity contribution is 6.31. The second kappa shape index (κ2) is 10.2. The monoisotopic (exact) mass is 540 g/mol. The van der Waals surface area contributed by atoms with Gasteiger partial charge in [0, 0.05) is 63.9 Å². The van der Waals surface area contributed by atoms with Crippen molar-refractivity contribution in [2.24, 2.45) is 4.99 Å². The molecule has 0 saturated carbocycles. The van der Waals surface area contributed by atoms with E-state index in [1.54, 1.807) is 36.5 Å². The second-order valence-electron chi connectivity index (χ2n) is 9.93. The quantitative estimate of drug-likeness (QED) is 0.366. The molecule has 39 heavy (non-hydrogen) atoms. The molecule has 0 bridgehead atoms. The summed E-state index contributed by atoms with van der Waals surface area (Å²) in [5.41, 5.74) is 5.37. The van der Waals surface area contributed by atoms with Gasteiger partial charge in [-0.2, -0.15) is 0 Å². The highest BCUT2D eigenvalue weighted by Crippen LogP contribution is 2.34. The lowest BCUT2D eigenvalue weighted by atomic mass is 9.95. The number of hydrogen-bond donors (Lipinski definition) is 1. The van der Waals surface area contributed by atoms with Gasteiger partial charge in [-0.3, -0.25) is 9.79 Å². The molecule has 2 aliphatic heterocycles. The average molecular weight is 541 g/mol. The summed E-state index contributed by atoms with van der Waals surface area (Å²) in [6.07, 6.45) is 1.74. The second-order valence-corrected chi connectivity index (χ2v) is 10.4. The molecular formula is C30H26ClFN6O. The molecular weight excluding hydrogens is 515 g/mol. The molecule has 6 rings (SSSR count). The van der Waals surface area contributed by atoms with Crippen molar-refractivity contribution in [1.82, 2.24) is 19.8 Å². The van der Waals surface area contributed by atoms with E-state index in [9.17, 15) is 9.18 Å². The van der Waals surface area contributed by atoms with Crippen LogP contribution in [0.15, 0.2) is 77.9 Å². The van der Waals surface area contributed by atoms with E-state index in [1.807, 2.05) is 49.3 Å². The topological polar surface area (TPSA) is 73.7 Å². The van der Waals surface area contributed by atoms with Gasteiger partial charge in [0.25, 0.3) is 5.91 Å². The molecule has 1 fully saturated rings. The maximum atomic E-state index is 14.8. The lowest BCUT2D eigenvalue weighted by molar-refractivity contribution is 0.0399. The van der Waals surface area contributed by atoms with Crippen molar-refractivity contribution in [2.45, 2.75) is 12.6 Å². The fourth-order valence-corrected chi connectivity index (χ4v) is 5.00. The van der Waals surface area contributed by atoms with Gasteiger partial charge in [0.1, 0.15) is 5.82 Å². The number of likely N-dealkylation sites (N-methyl/N-ethyl adjacent to an activating group) is 1. The summed E-state index contributed by atoms with van der Waals surface area (Å²) in [5, 5.41) is 3.76. The van der Waals surface area contributed by atoms with E-state index in [4.69, 9.17) is 21.6 Å². The summed E-state index contributed by atoms with van der Waals surface area (Å²) < 4.78 is 14.8. The number of halogens is 2. The van der Waals surface area contributed by atoms with Gasteiger partial charge >= 0.3 is 0 Å². The average Bonchev–Trinajstić information content (AvgIpc) is 3.04. The SMILES string of the molecule is CN(C)C1CN(C(=O)c2ccc(Nc3ncc4c(n3)-c3ccc(Cl)cc3C(c3ccccc3F)=NC4)cc2)C1. The molecule has 0 atom stereocenters. The van der Waals surface area contributed by atoms with E-state index in [1.165, 1.54) is 6.07 Å². The number of nitrogens with one attached hydrogen (secondary N) is 1. The van der Waals surface area contributed by atoms with E-state index in [2.05, 4.69) is 15.2 Å². The number of aromatic nitrogens is 2. The lowest BCUT2D eigenvalue weighted by Gasteiger charge is -2.42. The highest BCUT2D eigenvalue weighted by atomic mass is 35.5. The van der Waals surface area contributed by atoms with Crippen LogP contribution in [-0.4, -0.2) is 64.6 Å². The van der Waals surface area contributed by atoms with Gasteiger partial charge in [-0.15, -0.1) is 0 Å². The number of likely N-dealkylation sites (tertiary alicyclic amines) is 1. The standard InChI is InChI=1S/C30H26ClFN6O/c1-37(2)22-16-38(17-22)29(39)18-7-10-21(11-8-18)35-30-34-15-19-14-33-28(24-5-3-4-6-26(24)32)25-13-20(31)9-12-23(25)27(19)36-30/h3-13,15,22H,14,16-17H2,1-2H3,(H,34,35,36). The molecule has 3 heterocycles. The van der Waals surface area contributed by atoms with Crippen molar-refractivity contribution in [2.75, 3.05) is 32.5 Å². The van der Waals surface area contributed by atoms with Crippen molar-refractivity contribution in [1.29, 1.82) is 0 Å². The zero-order chi connectivity index (χ0) is 27.1. The van der Waals surface area contributed by atoms with Crippen LogP contribution in [0.4, 0.5) is 16.0 Å². The van der Waals surface area contributed by atoms with Crippen molar-refractivity contribution in [3.63, 3.8) is 0 Å². The van der Waals surface area contributed by atoms with Crippen LogP contribution in [-0.2, 0) is 6.54 Å². The third-order valence-corrected chi connectivity index (χ3v) is 7.40. The molecule has 1 aromatic heterocycles. The van der Waals surface area contributed by atoms with Gasteiger partial charge in [0.05, 0.1) is 18.0 Å². The van der Waals surface area contributed by atoms with Crippen LogP contribution in [0.25, 0.3) is 11.3 Å². The third kappa shape index (κ3) is 4.89. The maximum Gasteiger partial charge on any atom is 0.253 e. The Morgan fingerprint density at radius 3 is 2.54 bits per heavy atom. The third-order valence-electron chi connectivity index (χ3n) is 7.16. The molecule has 9 heteroatoms. The molecule has 0 unspecified atom stereocenters. The van der Waals surface area contributed by atoms with Crippen molar-refractivity contribution >= 4 is 34.9 Å². The van der Waals surface area contributed by atoms with E-state index < -0.39 is 0 Å². The predicted octanol–water partition coefficient (Wildman–Crippen LogP) is 5.42. The normalized spacial score (nSPS) is 14.7. The zero-order valence-corrected chi connectivity index (χ0v) is 22.3. The van der Waals surface area contributed by atoms with Crippen LogP contribution >= 0.6 is 11.6 Å². The number of carbonyl (C=O) groups is 1. The molecule has 0 radical (unpaired) electrons. The van der Waals surface area contributed by atoms with Crippen molar-refractivity contribution in [3.8, 4) is 11.3 Å². The Labute approximate surface area is 231 Å². The Hall–Kier alpha value is -4.14. The van der Waals surface area contributed by atoms with Crippen LogP contribution in [0, 0.1) is 5.82 Å². The van der Waals surface area contributed by atoms with E-state index in [0.717, 1.165) is 29.9 Å². The van der Waals surface area contributed by atoms with Crippen LogP contribution in [0.2, 0.25) is 5.02 Å². The molecule has 7 nitrogen and oxygen atoms in total. The number of anilines is 2. The van der Waals surface area contributed by atoms with Gasteiger partial charge in [-0.1, -0.05) is 29.8 Å². The van der Waals surface area contributed by atoms with E-state index in [-0.39, 0.29) is 11.7 Å². The maximum absolute atomic E-state index is 14.8. The molecule has 1 saturated heterocycles. The minimum Gasteiger partial charge on any atom is -0.335 e. The van der Waals surface area contributed by atoms with Crippen LogP contribution in [0.3, 0.4) is 0 Å². The Morgan fingerprint density at radius 1 is 1.03 bits per heavy atom. The van der Waals surface area contributed by atoms with E-state index in [0.29, 0.717) is 51.7 Å². The summed E-state index contributed by atoms with van der Waals surface area (Å²) in [6.45, 7) is 1.78. The number of carbonyl (C=O) groups excluding carboxylic acids is 1. The number of benzene rings is 3. The van der Waals surface area contributed by atoms with Crippen molar-refractivity contribution in [3.05, 3.63) is 106 Å². The van der Waals surface area contributed by atoms with Crippen LogP contribution < -0.4 is 5.32 Å². The first kappa shape index (κ1) is 25.2. The summed E-state index contributed by atoms with van der Waals surface area (Å²) >= 11 is 6.35. The molecule has 1 amide bonds. The minimum absolute atomic E-state index is 0.0295. The summed E-state index contributed by atoms with van der Waals surface area (Å²) in [6, 6.07) is 19.8. The summed E-state index contributed by atoms with van der Waals surface area (Å²) in [5.74, 6) is 0.0802. The summed E-state index contributed by atoms with van der Waals surface area (Å²) in [4.78, 5) is 30.8. The van der Waals surface area contributed by atoms with E-state index >= 15 is 0 Å². The predicted molar refractivity (Wildman–Crippen MR) is 151 cm³/mol. The largest absolute Gasteiger partial charge is 0.335 e.